The smallest absolute Gasteiger partial charge is 0.353 e. The Balaban J connectivity index is 2.70. The van der Waals surface area contributed by atoms with E-state index in [4.69, 9.17) is 21.3 Å². The van der Waals surface area contributed by atoms with Crippen LogP contribution < -0.4 is 5.56 Å². The van der Waals surface area contributed by atoms with Crippen LogP contribution in [0.3, 0.4) is 0 Å². The Morgan fingerprint density at radius 2 is 1.95 bits per heavy atom. The van der Waals surface area contributed by atoms with Crippen molar-refractivity contribution in [2.75, 3.05) is 0 Å². The van der Waals surface area contributed by atoms with E-state index in [2.05, 4.69) is 5.10 Å². The van der Waals surface area contributed by atoms with E-state index in [9.17, 15) is 18.0 Å². The number of rotatable bonds is 3. The second-order valence-electron chi connectivity index (χ2n) is 3.74. The van der Waals surface area contributed by atoms with Crippen molar-refractivity contribution in [1.82, 2.24) is 9.78 Å². The second kappa shape index (κ2) is 4.78. The molecule has 1 aromatic carbocycles. The first kappa shape index (κ1) is 14.3. The number of H-pyrrole nitrogens is 1. The summed E-state index contributed by atoms with van der Waals surface area (Å²) in [5.41, 5.74) is -1.22. The van der Waals surface area contributed by atoms with E-state index in [0.717, 1.165) is 28.9 Å². The van der Waals surface area contributed by atoms with Crippen molar-refractivity contribution < 1.29 is 22.9 Å². The van der Waals surface area contributed by atoms with E-state index in [-0.39, 0.29) is 16.4 Å². The van der Waals surface area contributed by atoms with Gasteiger partial charge in [-0.1, -0.05) is 11.6 Å². The highest BCUT2D eigenvalue weighted by Gasteiger charge is 2.16. The highest BCUT2D eigenvalue weighted by Crippen LogP contribution is 2.22. The molecule has 8 nitrogen and oxygen atoms in total. The molecule has 0 aliphatic heterocycles. The van der Waals surface area contributed by atoms with Crippen LogP contribution in [-0.4, -0.2) is 33.8 Å². The van der Waals surface area contributed by atoms with E-state index in [0.29, 0.717) is 0 Å². The van der Waals surface area contributed by atoms with Gasteiger partial charge in [-0.2, -0.15) is 8.42 Å². The number of hydrogen-bond acceptors (Lipinski definition) is 4. The third-order valence-electron chi connectivity index (χ3n) is 2.41. The van der Waals surface area contributed by atoms with Gasteiger partial charge in [0.25, 0.3) is 15.7 Å². The van der Waals surface area contributed by atoms with E-state index >= 15 is 0 Å². The molecule has 20 heavy (non-hydrogen) atoms. The standard InChI is InChI=1S/C10H7ClN2O6S/c11-6-2-1-5(20(17,18)19)3-8(6)13-9(14)4-7(12-13)10(15)16/h1-4,12H,(H,15,16)(H,17,18,19). The maximum Gasteiger partial charge on any atom is 0.353 e. The van der Waals surface area contributed by atoms with Gasteiger partial charge >= 0.3 is 5.97 Å². The van der Waals surface area contributed by atoms with Gasteiger partial charge in [0.1, 0.15) is 5.69 Å². The monoisotopic (exact) mass is 318 g/mol. The normalized spacial score (nSPS) is 11.5. The van der Waals surface area contributed by atoms with Crippen LogP contribution in [0.4, 0.5) is 0 Å². The van der Waals surface area contributed by atoms with E-state index in [1.54, 1.807) is 0 Å². The van der Waals surface area contributed by atoms with Crippen molar-refractivity contribution in [3.8, 4) is 5.69 Å². The van der Waals surface area contributed by atoms with Gasteiger partial charge in [0.05, 0.1) is 15.6 Å². The summed E-state index contributed by atoms with van der Waals surface area (Å²) in [6, 6.07) is 3.97. The number of nitrogens with one attached hydrogen (secondary N) is 1. The van der Waals surface area contributed by atoms with E-state index in [1.165, 1.54) is 0 Å². The average molecular weight is 319 g/mol. The molecule has 0 amide bonds. The zero-order valence-electron chi connectivity index (χ0n) is 9.57. The number of carboxylic acids is 1. The third kappa shape index (κ3) is 2.59. The molecule has 106 valence electrons. The molecule has 0 fully saturated rings. The molecule has 1 aromatic heterocycles. The number of nitrogens with zero attached hydrogens (tertiary/aromatic N) is 1. The topological polar surface area (TPSA) is 129 Å². The molecule has 2 aromatic rings. The minimum absolute atomic E-state index is 0.00158. The molecule has 3 N–H and O–H groups in total. The SMILES string of the molecule is O=C(O)c1cc(=O)n(-c2cc(S(=O)(=O)O)ccc2Cl)[nH]1. The van der Waals surface area contributed by atoms with Crippen LogP contribution in [0.5, 0.6) is 0 Å². The quantitative estimate of drug-likeness (QED) is 0.716. The van der Waals surface area contributed by atoms with Gasteiger partial charge < -0.3 is 5.11 Å². The van der Waals surface area contributed by atoms with Crippen LogP contribution in [-0.2, 0) is 10.1 Å². The number of halogens is 1. The Hall–Kier alpha value is -2.10. The van der Waals surface area contributed by atoms with E-state index < -0.39 is 26.5 Å². The Kier molecular flexibility index (Phi) is 3.42. The van der Waals surface area contributed by atoms with Crippen molar-refractivity contribution in [1.29, 1.82) is 0 Å². The fourth-order valence-electron chi connectivity index (χ4n) is 1.51. The van der Waals surface area contributed by atoms with Gasteiger partial charge in [0.2, 0.25) is 0 Å². The summed E-state index contributed by atoms with van der Waals surface area (Å²) in [5, 5.41) is 11.0. The minimum Gasteiger partial charge on any atom is -0.477 e. The molecule has 0 saturated heterocycles. The summed E-state index contributed by atoms with van der Waals surface area (Å²) < 4.78 is 31.8. The lowest BCUT2D eigenvalue weighted by molar-refractivity contribution is 0.0690. The summed E-state index contributed by atoms with van der Waals surface area (Å²) in [7, 11) is -4.48. The molecule has 0 radical (unpaired) electrons. The fraction of sp³-hybridized carbons (Fsp3) is 0. The fourth-order valence-corrected chi connectivity index (χ4v) is 2.21. The lowest BCUT2D eigenvalue weighted by atomic mass is 10.3. The first-order valence-electron chi connectivity index (χ1n) is 5.03. The number of aromatic nitrogens is 2. The predicted molar refractivity (Wildman–Crippen MR) is 68.2 cm³/mol. The summed E-state index contributed by atoms with van der Waals surface area (Å²) in [6.45, 7) is 0. The zero-order valence-corrected chi connectivity index (χ0v) is 11.1. The van der Waals surface area contributed by atoms with Crippen LogP contribution in [0.1, 0.15) is 10.5 Å². The summed E-state index contributed by atoms with van der Waals surface area (Å²) in [4.78, 5) is 21.9. The van der Waals surface area contributed by atoms with Gasteiger partial charge in [-0.15, -0.1) is 0 Å². The predicted octanol–water partition coefficient (Wildman–Crippen LogP) is 0.764. The maximum atomic E-state index is 11.7. The second-order valence-corrected chi connectivity index (χ2v) is 5.57. The Morgan fingerprint density at radius 1 is 1.30 bits per heavy atom. The van der Waals surface area contributed by atoms with Crippen LogP contribution in [0.25, 0.3) is 5.69 Å². The van der Waals surface area contributed by atoms with Gasteiger partial charge in [0.15, 0.2) is 0 Å². The molecular weight excluding hydrogens is 312 g/mol. The zero-order chi connectivity index (χ0) is 15.1. The lowest BCUT2D eigenvalue weighted by Gasteiger charge is -2.06. The van der Waals surface area contributed by atoms with Crippen molar-refractivity contribution >= 4 is 27.7 Å². The molecule has 0 atom stereocenters. The van der Waals surface area contributed by atoms with Gasteiger partial charge in [0, 0.05) is 6.07 Å². The molecule has 0 bridgehead atoms. The first-order valence-corrected chi connectivity index (χ1v) is 6.85. The molecule has 1 heterocycles. The molecule has 10 heteroatoms. The van der Waals surface area contributed by atoms with Crippen molar-refractivity contribution in [2.24, 2.45) is 0 Å². The summed E-state index contributed by atoms with van der Waals surface area (Å²) in [5.74, 6) is -1.36. The van der Waals surface area contributed by atoms with Gasteiger partial charge in [-0.05, 0) is 18.2 Å². The minimum atomic E-state index is -4.48. The molecule has 0 saturated carbocycles. The summed E-state index contributed by atoms with van der Waals surface area (Å²) in [6.07, 6.45) is 0. The molecule has 0 aliphatic carbocycles. The molecular formula is C10H7ClN2O6S. The third-order valence-corrected chi connectivity index (χ3v) is 3.58. The number of hydrogen-bond donors (Lipinski definition) is 3. The number of benzene rings is 1. The first-order chi connectivity index (χ1) is 9.20. The van der Waals surface area contributed by atoms with Crippen LogP contribution in [0.15, 0.2) is 34.0 Å². The number of aromatic amines is 1. The highest BCUT2D eigenvalue weighted by atomic mass is 35.5. The van der Waals surface area contributed by atoms with Crippen molar-refractivity contribution in [3.05, 3.63) is 45.3 Å². The van der Waals surface area contributed by atoms with Crippen molar-refractivity contribution in [2.45, 2.75) is 4.90 Å². The largest absolute Gasteiger partial charge is 0.477 e. The lowest BCUT2D eigenvalue weighted by Crippen LogP contribution is -2.14. The van der Waals surface area contributed by atoms with Crippen LogP contribution in [0.2, 0.25) is 5.02 Å². The highest BCUT2D eigenvalue weighted by molar-refractivity contribution is 7.85. The Morgan fingerprint density at radius 3 is 2.45 bits per heavy atom. The molecule has 0 unspecified atom stereocenters. The Bertz CT molecular complexity index is 851. The summed E-state index contributed by atoms with van der Waals surface area (Å²) >= 11 is 5.84. The maximum absolute atomic E-state index is 11.7. The van der Waals surface area contributed by atoms with E-state index in [1.807, 2.05) is 0 Å². The molecule has 0 spiro atoms. The number of carboxylic acid groups (broad SMARTS) is 1. The molecule has 0 aliphatic rings. The number of aromatic carboxylic acids is 1. The Labute approximate surface area is 117 Å². The van der Waals surface area contributed by atoms with Crippen LogP contribution >= 0.6 is 11.6 Å². The molecule has 2 rings (SSSR count). The average Bonchev–Trinajstić information content (AvgIpc) is 2.70. The number of carbonyl (C=O) groups is 1. The van der Waals surface area contributed by atoms with Crippen LogP contribution in [0, 0.1) is 0 Å². The van der Waals surface area contributed by atoms with Crippen molar-refractivity contribution in [3.63, 3.8) is 0 Å². The van der Waals surface area contributed by atoms with Gasteiger partial charge in [-0.25, -0.2) is 9.48 Å². The van der Waals surface area contributed by atoms with Gasteiger partial charge in [-0.3, -0.25) is 14.4 Å².